The topological polar surface area (TPSA) is 39.1 Å². The third-order valence-electron chi connectivity index (χ3n) is 2.70. The van der Waals surface area contributed by atoms with Crippen LogP contribution in [0.4, 0.5) is 0 Å². The first kappa shape index (κ1) is 13.1. The number of nitrogens with zero attached hydrogens (tertiary/aromatic N) is 2. The Labute approximate surface area is 115 Å². The van der Waals surface area contributed by atoms with E-state index in [1.54, 1.807) is 7.11 Å². The van der Waals surface area contributed by atoms with Gasteiger partial charge in [0.05, 0.1) is 17.3 Å². The fraction of sp³-hybridized carbons (Fsp3) is 0.308. The summed E-state index contributed by atoms with van der Waals surface area (Å²) >= 11 is 3.50. The Hall–Kier alpha value is -1.33. The number of halogens is 1. The molecule has 0 amide bonds. The molecule has 1 heterocycles. The molecule has 0 radical (unpaired) electrons. The van der Waals surface area contributed by atoms with Crippen molar-refractivity contribution >= 4 is 15.9 Å². The maximum atomic E-state index is 5.23. The Kier molecular flexibility index (Phi) is 4.04. The average molecular weight is 310 g/mol. The van der Waals surface area contributed by atoms with Gasteiger partial charge in [0, 0.05) is 30.9 Å². The van der Waals surface area contributed by atoms with Gasteiger partial charge in [-0.25, -0.2) is 0 Å². The van der Waals surface area contributed by atoms with Gasteiger partial charge in [0.1, 0.15) is 5.75 Å². The first-order valence-electron chi connectivity index (χ1n) is 5.66. The summed E-state index contributed by atoms with van der Waals surface area (Å²) in [6.45, 7) is 0.798. The molecule has 96 valence electrons. The van der Waals surface area contributed by atoms with Crippen LogP contribution in [-0.4, -0.2) is 23.9 Å². The normalized spacial score (nSPS) is 10.7. The lowest BCUT2D eigenvalue weighted by Gasteiger charge is -2.06. The number of hydrogen-bond donors (Lipinski definition) is 1. The highest BCUT2D eigenvalue weighted by atomic mass is 79.9. The minimum atomic E-state index is 0.798. The zero-order valence-electron chi connectivity index (χ0n) is 10.7. The monoisotopic (exact) mass is 309 g/mol. The predicted molar refractivity (Wildman–Crippen MR) is 75.7 cm³/mol. The summed E-state index contributed by atoms with van der Waals surface area (Å²) in [4.78, 5) is 0. The van der Waals surface area contributed by atoms with E-state index < -0.39 is 0 Å². The number of aryl methyl sites for hydroxylation is 1. The van der Waals surface area contributed by atoms with Gasteiger partial charge in [-0.3, -0.25) is 4.68 Å². The molecule has 18 heavy (non-hydrogen) atoms. The van der Waals surface area contributed by atoms with Crippen molar-refractivity contribution in [2.45, 2.75) is 6.54 Å². The third kappa shape index (κ3) is 2.57. The molecule has 0 aliphatic carbocycles. The molecule has 2 rings (SSSR count). The summed E-state index contributed by atoms with van der Waals surface area (Å²) in [5, 5.41) is 7.67. The van der Waals surface area contributed by atoms with Crippen molar-refractivity contribution in [3.63, 3.8) is 0 Å². The van der Waals surface area contributed by atoms with E-state index in [0.29, 0.717) is 0 Å². The van der Waals surface area contributed by atoms with E-state index in [9.17, 15) is 0 Å². The second-order valence-corrected chi connectivity index (χ2v) is 4.91. The highest BCUT2D eigenvalue weighted by molar-refractivity contribution is 9.10. The molecule has 1 aromatic carbocycles. The Bertz CT molecular complexity index is 551. The summed E-state index contributed by atoms with van der Waals surface area (Å²) in [7, 11) is 5.52. The number of rotatable bonds is 4. The first-order chi connectivity index (χ1) is 8.65. The van der Waals surface area contributed by atoms with E-state index in [1.807, 2.05) is 43.2 Å². The molecule has 2 aromatic rings. The lowest BCUT2D eigenvalue weighted by molar-refractivity contribution is 0.412. The fourth-order valence-electron chi connectivity index (χ4n) is 1.91. The molecule has 0 aliphatic heterocycles. The van der Waals surface area contributed by atoms with Crippen LogP contribution in [0, 0.1) is 0 Å². The van der Waals surface area contributed by atoms with Crippen molar-refractivity contribution in [2.24, 2.45) is 7.05 Å². The summed E-state index contributed by atoms with van der Waals surface area (Å²) in [6, 6.07) is 5.99. The average Bonchev–Trinajstić information content (AvgIpc) is 2.71. The van der Waals surface area contributed by atoms with Crippen LogP contribution in [0.3, 0.4) is 0 Å². The second-order valence-electron chi connectivity index (χ2n) is 4.06. The molecule has 0 saturated heterocycles. The zero-order chi connectivity index (χ0) is 13.1. The van der Waals surface area contributed by atoms with Crippen molar-refractivity contribution in [3.05, 3.63) is 34.4 Å². The van der Waals surface area contributed by atoms with Gasteiger partial charge in [-0.1, -0.05) is 0 Å². The summed E-state index contributed by atoms with van der Waals surface area (Å²) < 4.78 is 8.00. The van der Waals surface area contributed by atoms with Crippen LogP contribution < -0.4 is 10.1 Å². The number of ether oxygens (including phenoxy) is 1. The third-order valence-corrected chi connectivity index (χ3v) is 3.32. The SMILES string of the molecule is CNCc1cn(C)nc1-c1ccc(OC)c(Br)c1. The molecule has 0 spiro atoms. The minimum Gasteiger partial charge on any atom is -0.496 e. The van der Waals surface area contributed by atoms with Crippen molar-refractivity contribution in [2.75, 3.05) is 14.2 Å². The van der Waals surface area contributed by atoms with Crippen LogP contribution in [0.15, 0.2) is 28.9 Å². The smallest absolute Gasteiger partial charge is 0.133 e. The molecule has 0 bridgehead atoms. The molecule has 4 nitrogen and oxygen atoms in total. The number of methoxy groups -OCH3 is 1. The molecule has 0 aliphatic rings. The van der Waals surface area contributed by atoms with E-state index in [2.05, 4.69) is 26.3 Å². The Morgan fingerprint density at radius 1 is 1.44 bits per heavy atom. The largest absolute Gasteiger partial charge is 0.496 e. The van der Waals surface area contributed by atoms with Crippen molar-refractivity contribution in [1.29, 1.82) is 0 Å². The minimum absolute atomic E-state index is 0.798. The Balaban J connectivity index is 2.44. The highest BCUT2D eigenvalue weighted by Gasteiger charge is 2.11. The number of benzene rings is 1. The fourth-order valence-corrected chi connectivity index (χ4v) is 2.45. The molecule has 0 fully saturated rings. The van der Waals surface area contributed by atoms with Gasteiger partial charge < -0.3 is 10.1 Å². The van der Waals surface area contributed by atoms with Gasteiger partial charge in [-0.2, -0.15) is 5.10 Å². The van der Waals surface area contributed by atoms with Gasteiger partial charge in [0.25, 0.3) is 0 Å². The van der Waals surface area contributed by atoms with E-state index in [4.69, 9.17) is 4.74 Å². The molecule has 0 unspecified atom stereocenters. The standard InChI is InChI=1S/C13H16BrN3O/c1-15-7-10-8-17(2)16-13(10)9-4-5-12(18-3)11(14)6-9/h4-6,8,15H,7H2,1-3H3. The summed E-state index contributed by atoms with van der Waals surface area (Å²) in [5.74, 6) is 0.824. The lowest BCUT2D eigenvalue weighted by atomic mass is 10.1. The maximum absolute atomic E-state index is 5.23. The van der Waals surface area contributed by atoms with Gasteiger partial charge in [0.2, 0.25) is 0 Å². The van der Waals surface area contributed by atoms with Crippen LogP contribution in [0.2, 0.25) is 0 Å². The molecule has 1 aromatic heterocycles. The van der Waals surface area contributed by atoms with Crippen molar-refractivity contribution < 1.29 is 4.74 Å². The Morgan fingerprint density at radius 2 is 2.22 bits per heavy atom. The molecule has 0 saturated carbocycles. The van der Waals surface area contributed by atoms with Gasteiger partial charge >= 0.3 is 0 Å². The quantitative estimate of drug-likeness (QED) is 0.943. The Morgan fingerprint density at radius 3 is 2.83 bits per heavy atom. The van der Waals surface area contributed by atoms with Crippen LogP contribution >= 0.6 is 15.9 Å². The van der Waals surface area contributed by atoms with Crippen LogP contribution in [0.5, 0.6) is 5.75 Å². The number of nitrogens with one attached hydrogen (secondary N) is 1. The van der Waals surface area contributed by atoms with E-state index >= 15 is 0 Å². The van der Waals surface area contributed by atoms with Gasteiger partial charge in [-0.05, 0) is 41.2 Å². The van der Waals surface area contributed by atoms with Crippen molar-refractivity contribution in [1.82, 2.24) is 15.1 Å². The predicted octanol–water partition coefficient (Wildman–Crippen LogP) is 2.58. The van der Waals surface area contributed by atoms with Gasteiger partial charge in [0.15, 0.2) is 0 Å². The summed E-state index contributed by atoms with van der Waals surface area (Å²) in [6.07, 6.45) is 2.03. The molecule has 5 heteroatoms. The lowest BCUT2D eigenvalue weighted by Crippen LogP contribution is -2.05. The van der Waals surface area contributed by atoms with E-state index in [-0.39, 0.29) is 0 Å². The molecular weight excluding hydrogens is 294 g/mol. The van der Waals surface area contributed by atoms with Crippen LogP contribution in [-0.2, 0) is 13.6 Å². The molecular formula is C13H16BrN3O. The zero-order valence-corrected chi connectivity index (χ0v) is 12.3. The van der Waals surface area contributed by atoms with Crippen molar-refractivity contribution in [3.8, 4) is 17.0 Å². The molecule has 0 atom stereocenters. The first-order valence-corrected chi connectivity index (χ1v) is 6.46. The number of aromatic nitrogens is 2. The second kappa shape index (κ2) is 5.54. The maximum Gasteiger partial charge on any atom is 0.133 e. The summed E-state index contributed by atoms with van der Waals surface area (Å²) in [5.41, 5.74) is 3.25. The number of hydrogen-bond acceptors (Lipinski definition) is 3. The van der Waals surface area contributed by atoms with Crippen LogP contribution in [0.25, 0.3) is 11.3 Å². The van der Waals surface area contributed by atoms with Crippen LogP contribution in [0.1, 0.15) is 5.56 Å². The van der Waals surface area contributed by atoms with Gasteiger partial charge in [-0.15, -0.1) is 0 Å². The van der Waals surface area contributed by atoms with E-state index in [1.165, 1.54) is 5.56 Å². The molecule has 1 N–H and O–H groups in total. The van der Waals surface area contributed by atoms with E-state index in [0.717, 1.165) is 28.0 Å². The highest BCUT2D eigenvalue weighted by Crippen LogP contribution is 2.31.